The van der Waals surface area contributed by atoms with Gasteiger partial charge in [-0.15, -0.1) is 0 Å². The largest absolute Gasteiger partial charge is 0.454 e. The summed E-state index contributed by atoms with van der Waals surface area (Å²) in [6.45, 7) is 2.02. The molecule has 0 aromatic heterocycles. The van der Waals surface area contributed by atoms with E-state index in [0.29, 0.717) is 74.5 Å². The first kappa shape index (κ1) is 62.1. The summed E-state index contributed by atoms with van der Waals surface area (Å²) < 4.78 is 14.9. The van der Waals surface area contributed by atoms with Crippen LogP contribution in [0.15, 0.2) is 103 Å². The van der Waals surface area contributed by atoms with Crippen molar-refractivity contribution in [2.75, 3.05) is 13.7 Å². The number of hydrogen-bond acceptors (Lipinski definition) is 10. The number of likely N-dealkylation sites (N-methyl/N-ethyl adjacent to an activating group) is 1. The summed E-state index contributed by atoms with van der Waals surface area (Å²) in [6.07, 6.45) is 21.8. The number of aldehydes is 1. The summed E-state index contributed by atoms with van der Waals surface area (Å²) in [5.74, 6) is 8.33. The Morgan fingerprint density at radius 3 is 2.23 bits per heavy atom. The Balaban J connectivity index is 0.856. The van der Waals surface area contributed by atoms with Crippen LogP contribution in [-0.2, 0) is 57.8 Å². The highest BCUT2D eigenvalue weighted by atomic mass is 16.5. The molecule has 22 rings (SSSR count). The lowest BCUT2D eigenvalue weighted by atomic mass is 9.31. The van der Waals surface area contributed by atoms with Gasteiger partial charge in [-0.1, -0.05) is 104 Å². The number of aliphatic hydroxyl groups is 5. The van der Waals surface area contributed by atoms with E-state index in [2.05, 4.69) is 103 Å². The first-order valence-corrected chi connectivity index (χ1v) is 38.5. The maximum atomic E-state index is 16.4. The highest BCUT2D eigenvalue weighted by Gasteiger charge is 2.88. The quantitative estimate of drug-likeness (QED) is 0.0658. The molecule has 15 aliphatic carbocycles. The summed E-state index contributed by atoms with van der Waals surface area (Å²) in [7, 11) is 1.97. The van der Waals surface area contributed by atoms with Crippen LogP contribution in [0, 0.1) is 116 Å². The van der Waals surface area contributed by atoms with Crippen LogP contribution in [0.1, 0.15) is 198 Å². The summed E-state index contributed by atoms with van der Waals surface area (Å²) in [5.41, 5.74) is 1.06. The van der Waals surface area contributed by atoms with Gasteiger partial charge in [-0.05, 0) is 295 Å². The van der Waals surface area contributed by atoms with Gasteiger partial charge >= 0.3 is 5.97 Å². The van der Waals surface area contributed by atoms with Gasteiger partial charge in [0.15, 0.2) is 0 Å². The number of rotatable bonds is 4. The smallest absolute Gasteiger partial charge is 0.331 e. The van der Waals surface area contributed by atoms with Crippen molar-refractivity contribution >= 4 is 12.3 Å². The third kappa shape index (κ3) is 8.38. The molecule has 26 atom stereocenters. The average Bonchev–Trinajstić information content (AvgIpc) is 1.38. The van der Waals surface area contributed by atoms with Gasteiger partial charge in [0.05, 0.1) is 42.0 Å². The van der Waals surface area contributed by atoms with E-state index in [4.69, 9.17) is 9.47 Å². The van der Waals surface area contributed by atoms with Crippen LogP contribution in [-0.4, -0.2) is 92.6 Å². The fourth-order valence-electron chi connectivity index (χ4n) is 29.2. The Bertz CT molecular complexity index is 3920. The average molecular weight is 1290 g/mol. The van der Waals surface area contributed by atoms with E-state index in [-0.39, 0.29) is 79.8 Å². The number of benzene rings is 4. The van der Waals surface area contributed by atoms with Gasteiger partial charge in [0.1, 0.15) is 18.0 Å². The zero-order valence-electron chi connectivity index (χ0n) is 56.9. The second kappa shape index (κ2) is 22.0. The number of fused-ring (bicyclic) bond motifs is 8. The minimum atomic E-state index is -1.92. The van der Waals surface area contributed by atoms with Crippen LogP contribution in [0.5, 0.6) is 0 Å². The number of aliphatic hydroxyl groups excluding tert-OH is 2. The first-order chi connectivity index (χ1) is 46.5. The van der Waals surface area contributed by atoms with Gasteiger partial charge in [0.2, 0.25) is 0 Å². The Morgan fingerprint density at radius 2 is 1.42 bits per heavy atom. The standard InChI is InChI=1S/C86H103NO9/c1-50-59-16-15-56(32-59)30-52-8-4-10-55(29-52)34-68-38-65-37-64-35-62-18-19-71(64)82(65)47-80(48-89)75-23-26-81-46-79(24-21-57(42-79)31-53-9-3-7-51(27-53)28-54-11-5-13-61(62)33-54)25-22-58-12-6-14-63(45-88)69(58)40-74(87-2)70-39-66(83(81,49-90)73-41-76(91)96-77(70)73)44-85(81,93)84(75,92)43-67-36-60(50)17-20-72(78(82)95-68)86(67,80)94/h3-14,27,29,33,41,48,50,56-57,59-60,62,64-68,70-72,74-75,77-78,87-88,90,92-94H,15-21,23-24,26,28,30-32,34-40,42-47,49H2,1-2H3/t50-,56-,57+,59+,60-,62+,64-,65-,66-,67-,68+,70+,71+,72-,74-,75-,77-,78-,79-,80+,81+,82+,83-,84+,85-,86+/m1/s1. The first-order valence-electron chi connectivity index (χ1n) is 38.5. The Hall–Kier alpha value is -4.96. The van der Waals surface area contributed by atoms with Crippen molar-refractivity contribution in [2.24, 2.45) is 104 Å². The lowest BCUT2D eigenvalue weighted by Crippen LogP contribution is -2.84. The van der Waals surface area contributed by atoms with E-state index in [9.17, 15) is 15.0 Å². The van der Waals surface area contributed by atoms with Gasteiger partial charge in [-0.3, -0.25) is 0 Å². The topological polar surface area (TPSA) is 166 Å². The van der Waals surface area contributed by atoms with Crippen molar-refractivity contribution in [1.82, 2.24) is 5.32 Å². The molecule has 6 N–H and O–H groups in total. The van der Waals surface area contributed by atoms with E-state index < -0.39 is 73.7 Å². The summed E-state index contributed by atoms with van der Waals surface area (Å²) in [6, 6.07) is 34.1. The Kier molecular flexibility index (Phi) is 14.2. The molecule has 11 fully saturated rings. The van der Waals surface area contributed by atoms with E-state index >= 15 is 20.1 Å². The van der Waals surface area contributed by atoms with Crippen LogP contribution < -0.4 is 5.32 Å². The molecule has 0 radical (unpaired) electrons. The molecule has 10 heteroatoms. The zero-order chi connectivity index (χ0) is 65.1. The molecule has 4 aromatic rings. The Labute approximate surface area is 569 Å². The number of carbonyl (C=O) groups is 2. The highest BCUT2D eigenvalue weighted by molar-refractivity contribution is 5.87. The summed E-state index contributed by atoms with van der Waals surface area (Å²) in [5, 5.41) is 75.7. The van der Waals surface area contributed by atoms with Crippen molar-refractivity contribution in [3.05, 3.63) is 153 Å². The number of hydrogen-bond donors (Lipinski definition) is 6. The summed E-state index contributed by atoms with van der Waals surface area (Å²) >= 11 is 0. The van der Waals surface area contributed by atoms with Crippen molar-refractivity contribution < 1.29 is 44.6 Å². The highest BCUT2D eigenvalue weighted by Crippen LogP contribution is 2.84. The third-order valence-electron chi connectivity index (χ3n) is 32.7. The summed E-state index contributed by atoms with van der Waals surface area (Å²) in [4.78, 5) is 31.0. The van der Waals surface area contributed by atoms with Gasteiger partial charge in [-0.2, -0.15) is 0 Å². The van der Waals surface area contributed by atoms with E-state index in [0.717, 1.165) is 112 Å². The molecule has 3 spiro atoms. The van der Waals surface area contributed by atoms with Crippen molar-refractivity contribution in [1.29, 1.82) is 0 Å². The van der Waals surface area contributed by atoms with Crippen LogP contribution in [0.3, 0.4) is 0 Å². The van der Waals surface area contributed by atoms with E-state index in [1.165, 1.54) is 58.9 Å². The van der Waals surface area contributed by atoms with Crippen molar-refractivity contribution in [3.8, 4) is 11.8 Å². The molecule has 10 saturated carbocycles. The predicted octanol–water partition coefficient (Wildman–Crippen LogP) is 12.7. The molecule has 96 heavy (non-hydrogen) atoms. The maximum Gasteiger partial charge on any atom is 0.331 e. The van der Waals surface area contributed by atoms with Gasteiger partial charge in [0.25, 0.3) is 0 Å². The number of carbonyl (C=O) groups excluding carboxylic acids is 2. The Morgan fingerprint density at radius 1 is 0.677 bits per heavy atom. The van der Waals surface area contributed by atoms with Crippen LogP contribution >= 0.6 is 0 Å². The van der Waals surface area contributed by atoms with Crippen LogP contribution in [0.2, 0.25) is 0 Å². The van der Waals surface area contributed by atoms with Gasteiger partial charge in [0, 0.05) is 57.1 Å². The number of esters is 1. The van der Waals surface area contributed by atoms with Crippen LogP contribution in [0.4, 0.5) is 0 Å². The minimum Gasteiger partial charge on any atom is -0.454 e. The lowest BCUT2D eigenvalue weighted by Gasteiger charge is -2.76. The molecule has 506 valence electrons. The van der Waals surface area contributed by atoms with Crippen molar-refractivity contribution in [2.45, 2.75) is 228 Å². The zero-order valence-corrected chi connectivity index (χ0v) is 56.9. The third-order valence-corrected chi connectivity index (χ3v) is 32.7. The molecule has 25 bridgehead atoms. The molecule has 1 saturated heterocycles. The molecular formula is C86H103NO9. The number of nitrogens with one attached hydrogen (secondary N) is 1. The normalized spacial score (nSPS) is 47.9. The fourth-order valence-corrected chi connectivity index (χ4v) is 29.2. The molecular weight excluding hydrogens is 1190 g/mol. The molecule has 3 aliphatic heterocycles. The second-order valence-electron chi connectivity index (χ2n) is 35.9. The van der Waals surface area contributed by atoms with Gasteiger partial charge < -0.3 is 45.1 Å². The maximum absolute atomic E-state index is 16.4. The minimum absolute atomic E-state index is 0.0472. The SMILES string of the molecule is CN[C@@H]1Cc2c(cccc2CO)C#C[C@@]23CC[C@@H](Cc4cccc(c4)Cc4cccc(c4)[C@H]4CC[C@H]5[C@H](C4)C[C@@H]4C[C@@H]6Cc7cccc(c7)C[C@H]7CC[C@@H](C7)[C@@H](C)[C@@H]7CC[C@@H]8[C@@H](O6)[C@@]45C[C@]4(C=O)[C@H]5CC[C@@]6(C2)[C@](O)(C[C@H]2C[C@@H]1[C@H]1OC(=O)C=C1[C@@]26CO)[C@]5(O)C[C@@H](C7)[C@]84O)C3. The van der Waals surface area contributed by atoms with Crippen LogP contribution in [0.25, 0.3) is 0 Å². The molecule has 3 heterocycles. The fraction of sp³-hybridized carbons (Fsp3) is 0.651. The second-order valence-corrected chi connectivity index (χ2v) is 35.9. The van der Waals surface area contributed by atoms with E-state index in [1.54, 1.807) is 6.08 Å². The molecule has 0 amide bonds. The van der Waals surface area contributed by atoms with Gasteiger partial charge in [-0.25, -0.2) is 4.79 Å². The molecule has 18 aliphatic rings. The molecule has 4 aromatic carbocycles. The molecule has 0 unspecified atom stereocenters. The molecule has 10 nitrogen and oxygen atoms in total. The van der Waals surface area contributed by atoms with Crippen molar-refractivity contribution in [3.63, 3.8) is 0 Å². The lowest BCUT2D eigenvalue weighted by molar-refractivity contribution is -0.374. The number of ether oxygens (including phenoxy) is 2. The monoisotopic (exact) mass is 1290 g/mol. The predicted molar refractivity (Wildman–Crippen MR) is 367 cm³/mol. The van der Waals surface area contributed by atoms with E-state index in [1.807, 2.05) is 19.2 Å².